The first kappa shape index (κ1) is 36.5. The third-order valence-corrected chi connectivity index (χ3v) is 20.6. The molecule has 8 aliphatic heterocycles. The topological polar surface area (TPSA) is 12.1 Å². The zero-order valence-corrected chi connectivity index (χ0v) is 42.2. The summed E-state index contributed by atoms with van der Waals surface area (Å²) in [5.41, 5.74) is 42.7. The summed E-state index contributed by atoms with van der Waals surface area (Å²) in [7, 11) is 0. The van der Waals surface area contributed by atoms with Gasteiger partial charge < -0.3 is 13.7 Å². The Hall–Kier alpha value is -6.39. The van der Waals surface area contributed by atoms with E-state index in [0.29, 0.717) is 5.92 Å². The van der Waals surface area contributed by atoms with E-state index >= 15 is 0 Å². The Kier molecular flexibility index (Phi) is 5.12. The summed E-state index contributed by atoms with van der Waals surface area (Å²) in [5.74, 6) is 0.425. The molecule has 11 aromatic rings. The van der Waals surface area contributed by atoms with E-state index in [4.69, 9.17) is 0 Å². The predicted octanol–water partition coefficient (Wildman–Crippen LogP) is 8.53. The lowest BCUT2D eigenvalue weighted by Gasteiger charge is -2.49. The van der Waals surface area contributed by atoms with E-state index in [1.54, 1.807) is 54.8 Å². The van der Waals surface area contributed by atoms with Crippen molar-refractivity contribution in [2.45, 2.75) is 106 Å². The SMILES string of the molecule is CC(C)(C)c1ccc2c(c1)-c1cc3c4c5c1B2c1cc2c6cc(C(C)(C)C)cc7c8cc9c%10c%11c(c%12c%13c(c%14c%15c%12n%11c9c9c8n(c2c(c1N5%14)B%159)c67)B4c1c-3cc(C(C)(C)C)cc1-%13)=CC(C(C)(C)C)C%10. The minimum Gasteiger partial charge on any atom is -0.313 e. The van der Waals surface area contributed by atoms with Gasteiger partial charge in [-0.1, -0.05) is 136 Å². The maximum Gasteiger partial charge on any atom is 0.257 e. The number of benzene rings is 7. The van der Waals surface area contributed by atoms with Crippen molar-refractivity contribution in [3.8, 4) is 33.4 Å². The third kappa shape index (κ3) is 3.28. The predicted molar refractivity (Wildman–Crippen MR) is 302 cm³/mol. The van der Waals surface area contributed by atoms with E-state index in [1.165, 1.54) is 138 Å². The van der Waals surface area contributed by atoms with Gasteiger partial charge in [-0.3, -0.25) is 0 Å². The van der Waals surface area contributed by atoms with Gasteiger partial charge in [-0.25, -0.2) is 0 Å². The molecule has 0 spiro atoms. The number of fused-ring (bicyclic) bond motifs is 11. The summed E-state index contributed by atoms with van der Waals surface area (Å²) in [6.45, 7) is 29.8. The van der Waals surface area contributed by atoms with Gasteiger partial charge in [0.15, 0.2) is 0 Å². The smallest absolute Gasteiger partial charge is 0.257 e. The maximum atomic E-state index is 2.97. The van der Waals surface area contributed by atoms with Crippen molar-refractivity contribution in [1.82, 2.24) is 8.80 Å². The van der Waals surface area contributed by atoms with Crippen LogP contribution in [0.3, 0.4) is 0 Å². The molecule has 12 heterocycles. The fourth-order valence-electron chi connectivity index (χ4n) is 17.5. The second-order valence-electron chi connectivity index (χ2n) is 28.0. The molecule has 0 amide bonds. The third-order valence-electron chi connectivity index (χ3n) is 20.6. The Bertz CT molecular complexity index is 4790. The molecule has 4 aromatic heterocycles. The molecule has 6 heteroatoms. The van der Waals surface area contributed by atoms with Crippen LogP contribution in [0, 0.1) is 11.3 Å². The molecule has 70 heavy (non-hydrogen) atoms. The highest BCUT2D eigenvalue weighted by molar-refractivity contribution is 7.12. The van der Waals surface area contributed by atoms with Gasteiger partial charge in [-0.2, -0.15) is 0 Å². The van der Waals surface area contributed by atoms with Crippen LogP contribution in [0.5, 0.6) is 0 Å². The molecule has 0 fully saturated rings. The summed E-state index contributed by atoms with van der Waals surface area (Å²) in [5, 5.41) is 10.4. The van der Waals surface area contributed by atoms with Crippen molar-refractivity contribution in [1.29, 1.82) is 0 Å². The minimum absolute atomic E-state index is 0.00110. The Balaban J connectivity index is 1.10. The second-order valence-corrected chi connectivity index (χ2v) is 28.0. The van der Waals surface area contributed by atoms with Gasteiger partial charge in [0.2, 0.25) is 13.4 Å². The van der Waals surface area contributed by atoms with Crippen molar-refractivity contribution in [2.24, 2.45) is 11.3 Å². The van der Waals surface area contributed by atoms with Crippen molar-refractivity contribution in [2.75, 3.05) is 4.90 Å². The maximum absolute atomic E-state index is 2.97. The monoisotopic (exact) mass is 893 g/mol. The van der Waals surface area contributed by atoms with Crippen LogP contribution >= 0.6 is 0 Å². The molecule has 20 rings (SSSR count). The van der Waals surface area contributed by atoms with E-state index in [-0.39, 0.29) is 41.8 Å². The normalized spacial score (nSPS) is 18.1. The van der Waals surface area contributed by atoms with E-state index in [0.717, 1.165) is 6.42 Å². The zero-order chi connectivity index (χ0) is 46.7. The van der Waals surface area contributed by atoms with Gasteiger partial charge in [0.25, 0.3) is 6.71 Å². The largest absolute Gasteiger partial charge is 0.313 e. The summed E-state index contributed by atoms with van der Waals surface area (Å²) < 4.78 is 5.72. The van der Waals surface area contributed by atoms with Gasteiger partial charge in [0.1, 0.15) is 0 Å². The van der Waals surface area contributed by atoms with Crippen LogP contribution in [0.25, 0.3) is 105 Å². The molecule has 0 bridgehead atoms. The summed E-state index contributed by atoms with van der Waals surface area (Å²) >= 11 is 0. The lowest BCUT2D eigenvalue weighted by Crippen LogP contribution is -2.70. The molecular weight excluding hydrogens is 843 g/mol. The van der Waals surface area contributed by atoms with Gasteiger partial charge in [0, 0.05) is 54.6 Å². The van der Waals surface area contributed by atoms with Crippen molar-refractivity contribution >= 4 is 158 Å². The average Bonchev–Trinajstić information content (AvgIpc) is 4.23. The first-order chi connectivity index (χ1) is 33.3. The van der Waals surface area contributed by atoms with Gasteiger partial charge in [0.05, 0.1) is 33.1 Å². The molecule has 3 nitrogen and oxygen atoms in total. The molecule has 330 valence electrons. The van der Waals surface area contributed by atoms with Crippen LogP contribution < -0.4 is 59.3 Å². The quantitative estimate of drug-likeness (QED) is 0.139. The van der Waals surface area contributed by atoms with E-state index in [1.807, 2.05) is 0 Å². The Morgan fingerprint density at radius 1 is 0.429 bits per heavy atom. The molecule has 0 N–H and O–H groups in total. The van der Waals surface area contributed by atoms with Crippen molar-refractivity contribution in [3.63, 3.8) is 0 Å². The molecule has 1 unspecified atom stereocenters. The lowest BCUT2D eigenvalue weighted by atomic mass is 9.27. The van der Waals surface area contributed by atoms with E-state index in [2.05, 4.69) is 164 Å². The highest BCUT2D eigenvalue weighted by atomic mass is 15.2. The van der Waals surface area contributed by atoms with Crippen LogP contribution in [0.4, 0.5) is 17.1 Å². The molecule has 9 aliphatic rings. The van der Waals surface area contributed by atoms with E-state index in [9.17, 15) is 0 Å². The van der Waals surface area contributed by atoms with Crippen molar-refractivity contribution < 1.29 is 0 Å². The number of hydrogen-bond acceptors (Lipinski definition) is 1. The Labute approximate surface area is 408 Å². The second kappa shape index (κ2) is 9.82. The van der Waals surface area contributed by atoms with Crippen molar-refractivity contribution in [3.05, 3.63) is 88.1 Å². The summed E-state index contributed by atoms with van der Waals surface area (Å²) in [6.07, 6.45) is 3.87. The molecular formula is C64H50B3N3. The first-order valence-corrected chi connectivity index (χ1v) is 26.6. The standard InChI is InChI=1S/C64H50B3N3/c1-61(2,3)25-13-14-41-29(15-25)31-22-32-30-16-26(62(4,5)6)20-39-43-44-40-21-28(64(10,11)12)19-34-37-23-36-33-17-27(63(7,8)9)18-35-38-24-42-57-50-56(38)68(52(33)35)54(36)49-55(37)69(53(34)40)58(44)51(67(49)50)60-48(43)66(45(30)39)47(32)59(70(57)60)46(31)65(41)42/h13-18,20-24,28H,19H2,1-12H3. The lowest BCUT2D eigenvalue weighted by molar-refractivity contribution is 0.307. The molecule has 0 radical (unpaired) electrons. The van der Waals surface area contributed by atoms with Crippen LogP contribution in [-0.2, 0) is 22.7 Å². The zero-order valence-electron chi connectivity index (χ0n) is 42.2. The highest BCUT2D eigenvalue weighted by Gasteiger charge is 2.61. The van der Waals surface area contributed by atoms with Gasteiger partial charge in [-0.15, -0.1) is 0 Å². The van der Waals surface area contributed by atoms with E-state index < -0.39 is 0 Å². The fraction of sp³-hybridized carbons (Fsp3) is 0.281. The molecule has 1 aliphatic carbocycles. The molecule has 0 saturated heterocycles. The number of nitrogens with zero attached hydrogens (tertiary/aromatic N) is 3. The summed E-state index contributed by atoms with van der Waals surface area (Å²) in [4.78, 5) is 2.97. The van der Waals surface area contributed by atoms with Crippen LogP contribution in [0.15, 0.2) is 60.7 Å². The number of hydrogen-bond donors (Lipinski definition) is 0. The van der Waals surface area contributed by atoms with Gasteiger partial charge in [-0.05, 0) is 152 Å². The number of rotatable bonds is 0. The molecule has 0 saturated carbocycles. The Morgan fingerprint density at radius 2 is 1.00 bits per heavy atom. The highest BCUT2D eigenvalue weighted by Crippen LogP contribution is 2.56. The summed E-state index contributed by atoms with van der Waals surface area (Å²) in [6, 6.07) is 26.4. The molecule has 7 aromatic carbocycles. The van der Waals surface area contributed by atoms with Crippen LogP contribution in [0.2, 0.25) is 0 Å². The van der Waals surface area contributed by atoms with Crippen LogP contribution in [0.1, 0.15) is 105 Å². The average molecular weight is 894 g/mol. The number of aromatic nitrogens is 2. The Morgan fingerprint density at radius 3 is 1.74 bits per heavy atom. The van der Waals surface area contributed by atoms with Gasteiger partial charge >= 0.3 is 0 Å². The fourth-order valence-corrected chi connectivity index (χ4v) is 17.5. The number of anilines is 3. The van der Waals surface area contributed by atoms with Crippen LogP contribution in [-0.4, -0.2) is 28.9 Å². The molecule has 1 atom stereocenters. The minimum atomic E-state index is -0.00614. The first-order valence-electron chi connectivity index (χ1n) is 26.6.